The number of anilines is 1. The molecular weight excluding hydrogens is 432 g/mol. The van der Waals surface area contributed by atoms with E-state index in [0.29, 0.717) is 28.1 Å². The number of thioether (sulfide) groups is 1. The number of imidazole rings is 1. The third-order valence-electron chi connectivity index (χ3n) is 4.21. The number of carbonyl (C=O) groups is 2. The third-order valence-corrected chi connectivity index (χ3v) is 5.15. The van der Waals surface area contributed by atoms with E-state index in [1.54, 1.807) is 46.5 Å². The minimum Gasteiger partial charge on any atom is -0.493 e. The van der Waals surface area contributed by atoms with Crippen LogP contribution in [0.5, 0.6) is 11.5 Å². The van der Waals surface area contributed by atoms with Crippen molar-refractivity contribution >= 4 is 46.6 Å². The van der Waals surface area contributed by atoms with Gasteiger partial charge in [-0.05, 0) is 24.3 Å². The van der Waals surface area contributed by atoms with Gasteiger partial charge in [-0.1, -0.05) is 23.9 Å². The van der Waals surface area contributed by atoms with Gasteiger partial charge >= 0.3 is 0 Å². The lowest BCUT2D eigenvalue weighted by Gasteiger charge is -2.10. The molecule has 168 valence electrons. The van der Waals surface area contributed by atoms with Crippen LogP contribution in [0.4, 0.5) is 5.69 Å². The number of benzene rings is 2. The summed E-state index contributed by atoms with van der Waals surface area (Å²) in [6.45, 7) is 0. The summed E-state index contributed by atoms with van der Waals surface area (Å²) in [6, 6.07) is 13.0. The van der Waals surface area contributed by atoms with Crippen molar-refractivity contribution in [1.29, 1.82) is 0 Å². The first-order valence-corrected chi connectivity index (χ1v) is 10.5. The van der Waals surface area contributed by atoms with E-state index < -0.39 is 0 Å². The van der Waals surface area contributed by atoms with Gasteiger partial charge in [0.2, 0.25) is 18.1 Å². The van der Waals surface area contributed by atoms with E-state index >= 15 is 0 Å². The molecule has 0 aliphatic carbocycles. The fourth-order valence-corrected chi connectivity index (χ4v) is 3.54. The number of ether oxygens (including phenoxy) is 2. The van der Waals surface area contributed by atoms with Gasteiger partial charge in [0, 0.05) is 25.8 Å². The molecule has 11 heteroatoms. The van der Waals surface area contributed by atoms with Crippen LogP contribution in [0.3, 0.4) is 0 Å². The molecule has 4 aromatic rings. The van der Waals surface area contributed by atoms with Crippen molar-refractivity contribution in [2.75, 3.05) is 39.4 Å². The topological polar surface area (TPSA) is 114 Å². The molecular formula is C21H24N6O4S. The molecule has 0 atom stereocenters. The highest BCUT2D eigenvalue weighted by Gasteiger charge is 2.14. The Bertz CT molecular complexity index is 1220. The third kappa shape index (κ3) is 5.30. The number of para-hydroxylation sites is 2. The normalized spacial score (nSPS) is 10.4. The Labute approximate surface area is 188 Å². The number of H-pyrrole nitrogens is 1. The van der Waals surface area contributed by atoms with Gasteiger partial charge in [-0.2, -0.15) is 0 Å². The molecule has 0 radical (unpaired) electrons. The predicted octanol–water partition coefficient (Wildman–Crippen LogP) is 2.66. The Balaban J connectivity index is 0.000000523. The van der Waals surface area contributed by atoms with Crippen molar-refractivity contribution < 1.29 is 19.1 Å². The number of aromatic nitrogens is 4. The fourth-order valence-electron chi connectivity index (χ4n) is 2.78. The van der Waals surface area contributed by atoms with E-state index in [9.17, 15) is 9.59 Å². The molecule has 2 N–H and O–H groups in total. The van der Waals surface area contributed by atoms with Crippen molar-refractivity contribution in [3.63, 3.8) is 0 Å². The van der Waals surface area contributed by atoms with Crippen LogP contribution in [-0.4, -0.2) is 70.9 Å². The Kier molecular flexibility index (Phi) is 7.55. The molecule has 10 nitrogen and oxygen atoms in total. The average Bonchev–Trinajstić information content (AvgIpc) is 3.37. The molecule has 0 fully saturated rings. The maximum atomic E-state index is 12.3. The number of fused-ring (bicyclic) bond motifs is 3. The summed E-state index contributed by atoms with van der Waals surface area (Å²) in [5, 5.41) is 10.7. The van der Waals surface area contributed by atoms with Crippen LogP contribution in [0.25, 0.3) is 16.8 Å². The SMILES string of the molecule is CN(C)C=O.COc1ccc(NC(=O)CSc2n[nH]c3nc4ccccc4n23)cc1OC. The Morgan fingerprint density at radius 1 is 1.19 bits per heavy atom. The summed E-state index contributed by atoms with van der Waals surface area (Å²) < 4.78 is 12.4. The maximum Gasteiger partial charge on any atom is 0.234 e. The molecule has 32 heavy (non-hydrogen) atoms. The van der Waals surface area contributed by atoms with Gasteiger partial charge in [0.1, 0.15) is 0 Å². The fraction of sp³-hybridized carbons (Fsp3) is 0.238. The summed E-state index contributed by atoms with van der Waals surface area (Å²) in [4.78, 5) is 27.7. The number of hydrogen-bond acceptors (Lipinski definition) is 7. The Hall–Kier alpha value is -3.73. The molecule has 0 aliphatic rings. The zero-order valence-electron chi connectivity index (χ0n) is 18.2. The summed E-state index contributed by atoms with van der Waals surface area (Å²) in [5.74, 6) is 1.88. The number of amides is 2. The van der Waals surface area contributed by atoms with Crippen LogP contribution in [0.15, 0.2) is 47.6 Å². The van der Waals surface area contributed by atoms with Gasteiger partial charge in [0.25, 0.3) is 0 Å². The highest BCUT2D eigenvalue weighted by Crippen LogP contribution is 2.30. The Morgan fingerprint density at radius 3 is 2.59 bits per heavy atom. The van der Waals surface area contributed by atoms with Crippen LogP contribution >= 0.6 is 11.8 Å². The monoisotopic (exact) mass is 456 g/mol. The molecule has 0 saturated carbocycles. The van der Waals surface area contributed by atoms with Gasteiger partial charge in [-0.15, -0.1) is 5.10 Å². The second-order valence-corrected chi connectivity index (χ2v) is 7.68. The van der Waals surface area contributed by atoms with E-state index in [-0.39, 0.29) is 11.7 Å². The first-order chi connectivity index (χ1) is 15.5. The van der Waals surface area contributed by atoms with Crippen LogP contribution in [0.1, 0.15) is 0 Å². The number of hydrogen-bond donors (Lipinski definition) is 2. The smallest absolute Gasteiger partial charge is 0.234 e. The summed E-state index contributed by atoms with van der Waals surface area (Å²) in [5.41, 5.74) is 2.46. The molecule has 2 aromatic heterocycles. The van der Waals surface area contributed by atoms with E-state index in [1.165, 1.54) is 16.7 Å². The van der Waals surface area contributed by atoms with Crippen LogP contribution in [0, 0.1) is 0 Å². The number of nitrogens with one attached hydrogen (secondary N) is 2. The maximum absolute atomic E-state index is 12.3. The molecule has 0 unspecified atom stereocenters. The molecule has 0 spiro atoms. The predicted molar refractivity (Wildman–Crippen MR) is 123 cm³/mol. The summed E-state index contributed by atoms with van der Waals surface area (Å²) in [7, 11) is 6.49. The molecule has 0 aliphatic heterocycles. The van der Waals surface area contributed by atoms with Crippen molar-refractivity contribution in [3.05, 3.63) is 42.5 Å². The van der Waals surface area contributed by atoms with E-state index in [2.05, 4.69) is 20.5 Å². The number of methoxy groups -OCH3 is 2. The summed E-state index contributed by atoms with van der Waals surface area (Å²) in [6.07, 6.45) is 0.750. The second kappa shape index (κ2) is 10.5. The average molecular weight is 457 g/mol. The van der Waals surface area contributed by atoms with Crippen molar-refractivity contribution in [2.45, 2.75) is 5.16 Å². The van der Waals surface area contributed by atoms with Crippen LogP contribution in [0.2, 0.25) is 0 Å². The lowest BCUT2D eigenvalue weighted by Crippen LogP contribution is -2.14. The number of aromatic amines is 1. The van der Waals surface area contributed by atoms with Crippen molar-refractivity contribution in [3.8, 4) is 11.5 Å². The standard InChI is InChI=1S/C18H17N5O3S.C3H7NO/c1-25-14-8-7-11(9-15(14)26-2)19-16(24)10-27-18-22-21-17-20-12-5-3-4-6-13(12)23(17)18;1-4(2)3-5/h3-9H,10H2,1-2H3,(H,19,24)(H,20,21);3H,1-2H3. The van der Waals surface area contributed by atoms with Crippen molar-refractivity contribution in [1.82, 2.24) is 24.5 Å². The minimum absolute atomic E-state index is 0.146. The lowest BCUT2D eigenvalue weighted by molar-refractivity contribution is -0.116. The highest BCUT2D eigenvalue weighted by molar-refractivity contribution is 7.99. The zero-order valence-corrected chi connectivity index (χ0v) is 19.0. The quantitative estimate of drug-likeness (QED) is 0.325. The lowest BCUT2D eigenvalue weighted by atomic mass is 10.2. The van der Waals surface area contributed by atoms with E-state index in [4.69, 9.17) is 9.47 Å². The molecule has 4 rings (SSSR count). The Morgan fingerprint density at radius 2 is 1.91 bits per heavy atom. The minimum atomic E-state index is -0.146. The van der Waals surface area contributed by atoms with Crippen LogP contribution in [-0.2, 0) is 9.59 Å². The first-order valence-electron chi connectivity index (χ1n) is 9.54. The van der Waals surface area contributed by atoms with E-state index in [1.807, 2.05) is 28.7 Å². The second-order valence-electron chi connectivity index (χ2n) is 6.74. The molecule has 2 heterocycles. The van der Waals surface area contributed by atoms with Gasteiger partial charge < -0.3 is 19.7 Å². The van der Waals surface area contributed by atoms with E-state index in [0.717, 1.165) is 17.4 Å². The van der Waals surface area contributed by atoms with Gasteiger partial charge in [0.15, 0.2) is 16.7 Å². The highest BCUT2D eigenvalue weighted by atomic mass is 32.2. The van der Waals surface area contributed by atoms with Gasteiger partial charge in [-0.3, -0.25) is 14.0 Å². The number of carbonyl (C=O) groups excluding carboxylic acids is 2. The molecule has 2 aromatic carbocycles. The van der Waals surface area contributed by atoms with Crippen molar-refractivity contribution in [2.24, 2.45) is 0 Å². The first kappa shape index (κ1) is 22.9. The number of nitrogens with zero attached hydrogens (tertiary/aromatic N) is 4. The van der Waals surface area contributed by atoms with Crippen LogP contribution < -0.4 is 14.8 Å². The number of rotatable bonds is 7. The van der Waals surface area contributed by atoms with Gasteiger partial charge in [-0.25, -0.2) is 10.1 Å². The molecule has 0 bridgehead atoms. The zero-order chi connectivity index (χ0) is 23.1. The largest absolute Gasteiger partial charge is 0.493 e. The molecule has 0 saturated heterocycles. The molecule has 2 amide bonds. The summed E-state index contributed by atoms with van der Waals surface area (Å²) >= 11 is 1.33. The van der Waals surface area contributed by atoms with Gasteiger partial charge in [0.05, 0.1) is 31.0 Å².